The van der Waals surface area contributed by atoms with Crippen LogP contribution in [0.2, 0.25) is 49.4 Å². The largest absolute Gasteiger partial charge is 0.0696 e. The van der Waals surface area contributed by atoms with Crippen molar-refractivity contribution in [1.29, 1.82) is 0 Å². The van der Waals surface area contributed by atoms with Gasteiger partial charge in [-0.15, -0.1) is 0 Å². The molecule has 0 radical (unpaired) electrons. The van der Waals surface area contributed by atoms with Gasteiger partial charge in [0.1, 0.15) is 0 Å². The summed E-state index contributed by atoms with van der Waals surface area (Å²) in [7, 11) is -1.79. The molecule has 2 aliphatic carbocycles. The van der Waals surface area contributed by atoms with E-state index in [0.717, 1.165) is 0 Å². The molecule has 0 spiro atoms. The van der Waals surface area contributed by atoms with Gasteiger partial charge >= 0.3 is 0 Å². The van der Waals surface area contributed by atoms with Crippen molar-refractivity contribution < 1.29 is 0 Å². The summed E-state index contributed by atoms with van der Waals surface area (Å²) in [5, 5.41) is 0. The smallest absolute Gasteiger partial charge is 0.0564 e. The standard InChI is InChI=1S/C16H34Si2/c1-17(2,3)13-14-18(4,15-9-5-6-10-15)16-11-7-8-12-16/h15-16H,5-14H2,1-4H3. The monoisotopic (exact) mass is 282 g/mol. The van der Waals surface area contributed by atoms with Crippen LogP contribution >= 0.6 is 0 Å². The molecule has 0 aromatic rings. The molecule has 0 aromatic heterocycles. The minimum atomic E-state index is -0.958. The molecule has 0 aromatic carbocycles. The van der Waals surface area contributed by atoms with Crippen LogP contribution in [0.1, 0.15) is 51.4 Å². The summed E-state index contributed by atoms with van der Waals surface area (Å²) >= 11 is 0. The van der Waals surface area contributed by atoms with Gasteiger partial charge in [-0.25, -0.2) is 0 Å². The van der Waals surface area contributed by atoms with E-state index in [-0.39, 0.29) is 0 Å². The van der Waals surface area contributed by atoms with Crippen molar-refractivity contribution in [2.75, 3.05) is 0 Å². The summed E-state index contributed by atoms with van der Waals surface area (Å²) in [6, 6.07) is 3.29. The molecular formula is C16H34Si2. The first kappa shape index (κ1) is 14.8. The van der Waals surface area contributed by atoms with E-state index >= 15 is 0 Å². The third-order valence-corrected chi connectivity index (χ3v) is 14.5. The van der Waals surface area contributed by atoms with Gasteiger partial charge in [-0.3, -0.25) is 0 Å². The Morgan fingerprint density at radius 2 is 1.06 bits per heavy atom. The molecular weight excluding hydrogens is 248 g/mol. The van der Waals surface area contributed by atoms with Crippen LogP contribution in [0.5, 0.6) is 0 Å². The lowest BCUT2D eigenvalue weighted by Gasteiger charge is -2.41. The highest BCUT2D eigenvalue weighted by Gasteiger charge is 2.45. The molecule has 106 valence electrons. The van der Waals surface area contributed by atoms with Crippen molar-refractivity contribution in [3.8, 4) is 0 Å². The van der Waals surface area contributed by atoms with E-state index in [2.05, 4.69) is 26.2 Å². The SMILES string of the molecule is C[Si](C)(C)CC[Si](C)(C1CCCC1)C1CCCC1. The Labute approximate surface area is 117 Å². The molecule has 0 nitrogen and oxygen atoms in total. The van der Waals surface area contributed by atoms with Crippen LogP contribution in [0.15, 0.2) is 0 Å². The highest BCUT2D eigenvalue weighted by atomic mass is 28.3. The van der Waals surface area contributed by atoms with E-state index in [0.29, 0.717) is 0 Å². The van der Waals surface area contributed by atoms with Gasteiger partial charge < -0.3 is 0 Å². The second kappa shape index (κ2) is 5.82. The average Bonchev–Trinajstić information content (AvgIpc) is 2.97. The quantitative estimate of drug-likeness (QED) is 0.520. The lowest BCUT2D eigenvalue weighted by molar-refractivity contribution is 0.739. The van der Waals surface area contributed by atoms with E-state index < -0.39 is 16.1 Å². The molecule has 0 amide bonds. The fourth-order valence-electron chi connectivity index (χ4n) is 4.56. The lowest BCUT2D eigenvalue weighted by atomic mass is 10.3. The van der Waals surface area contributed by atoms with Crippen LogP contribution in [0.4, 0.5) is 0 Å². The van der Waals surface area contributed by atoms with Crippen LogP contribution in [0.25, 0.3) is 0 Å². The molecule has 0 aliphatic heterocycles. The highest BCUT2D eigenvalue weighted by molar-refractivity contribution is 6.84. The molecule has 0 saturated heterocycles. The summed E-state index contributed by atoms with van der Waals surface area (Å²) in [5.41, 5.74) is 2.41. The molecule has 0 bridgehead atoms. The topological polar surface area (TPSA) is 0 Å². The maximum absolute atomic E-state index is 2.82. The third-order valence-electron chi connectivity index (χ3n) is 5.99. The van der Waals surface area contributed by atoms with Crippen LogP contribution in [0, 0.1) is 0 Å². The van der Waals surface area contributed by atoms with Crippen molar-refractivity contribution in [2.45, 2.75) is 101 Å². The summed E-state index contributed by atoms with van der Waals surface area (Å²) in [6.07, 6.45) is 12.6. The van der Waals surface area contributed by atoms with Gasteiger partial charge in [-0.1, -0.05) is 89.6 Å². The van der Waals surface area contributed by atoms with Gasteiger partial charge in [-0.05, 0) is 11.1 Å². The molecule has 2 fully saturated rings. The number of hydrogen-bond acceptors (Lipinski definition) is 0. The minimum Gasteiger partial charge on any atom is -0.0696 e. The Bertz CT molecular complexity index is 239. The fourth-order valence-corrected chi connectivity index (χ4v) is 14.6. The molecule has 18 heavy (non-hydrogen) atoms. The molecule has 2 rings (SSSR count). The predicted molar refractivity (Wildman–Crippen MR) is 89.0 cm³/mol. The molecule has 0 atom stereocenters. The van der Waals surface area contributed by atoms with Crippen molar-refractivity contribution in [3.05, 3.63) is 0 Å². The Hall–Kier alpha value is 0.434. The van der Waals surface area contributed by atoms with Gasteiger partial charge in [-0.2, -0.15) is 0 Å². The maximum Gasteiger partial charge on any atom is 0.0564 e. The van der Waals surface area contributed by atoms with Gasteiger partial charge in [0.15, 0.2) is 0 Å². The Kier molecular flexibility index (Phi) is 4.80. The maximum atomic E-state index is 2.82. The van der Waals surface area contributed by atoms with Crippen molar-refractivity contribution in [3.63, 3.8) is 0 Å². The molecule has 2 aliphatic rings. The first-order valence-electron chi connectivity index (χ1n) is 8.42. The summed E-state index contributed by atoms with van der Waals surface area (Å²) in [6.45, 7) is 10.5. The van der Waals surface area contributed by atoms with E-state index in [9.17, 15) is 0 Å². The Morgan fingerprint density at radius 1 is 0.667 bits per heavy atom. The minimum absolute atomic E-state index is 0.834. The summed E-state index contributed by atoms with van der Waals surface area (Å²) < 4.78 is 0. The van der Waals surface area contributed by atoms with E-state index in [1.807, 2.05) is 0 Å². The first-order chi connectivity index (χ1) is 8.42. The zero-order chi connectivity index (χ0) is 13.2. The van der Waals surface area contributed by atoms with Crippen LogP contribution in [-0.2, 0) is 0 Å². The van der Waals surface area contributed by atoms with Gasteiger partial charge in [0.25, 0.3) is 0 Å². The van der Waals surface area contributed by atoms with Gasteiger partial charge in [0.05, 0.1) is 8.07 Å². The van der Waals surface area contributed by atoms with Crippen LogP contribution in [0.3, 0.4) is 0 Å². The van der Waals surface area contributed by atoms with Crippen molar-refractivity contribution >= 4 is 16.1 Å². The molecule has 0 N–H and O–H groups in total. The normalized spacial score (nSPS) is 24.0. The Balaban J connectivity index is 2.05. The highest BCUT2D eigenvalue weighted by Crippen LogP contribution is 2.52. The Morgan fingerprint density at radius 3 is 1.39 bits per heavy atom. The van der Waals surface area contributed by atoms with Crippen molar-refractivity contribution in [2.24, 2.45) is 0 Å². The molecule has 2 saturated carbocycles. The molecule has 0 unspecified atom stereocenters. The third kappa shape index (κ3) is 3.50. The fraction of sp³-hybridized carbons (Fsp3) is 1.00. The summed E-state index contributed by atoms with van der Waals surface area (Å²) in [5.74, 6) is 0. The zero-order valence-electron chi connectivity index (χ0n) is 13.2. The van der Waals surface area contributed by atoms with E-state index in [4.69, 9.17) is 0 Å². The molecule has 2 heteroatoms. The zero-order valence-corrected chi connectivity index (χ0v) is 15.2. The first-order valence-corrected chi connectivity index (χ1v) is 15.0. The average molecular weight is 283 g/mol. The summed E-state index contributed by atoms with van der Waals surface area (Å²) in [4.78, 5) is 0. The van der Waals surface area contributed by atoms with Crippen molar-refractivity contribution in [1.82, 2.24) is 0 Å². The second-order valence-corrected chi connectivity index (χ2v) is 19.3. The van der Waals surface area contributed by atoms with E-state index in [1.54, 1.807) is 63.5 Å². The number of hydrogen-bond donors (Lipinski definition) is 0. The van der Waals surface area contributed by atoms with Crippen LogP contribution < -0.4 is 0 Å². The predicted octanol–water partition coefficient (Wildman–Crippen LogP) is 6.29. The molecule has 0 heterocycles. The van der Waals surface area contributed by atoms with Gasteiger partial charge in [0.2, 0.25) is 0 Å². The lowest BCUT2D eigenvalue weighted by Crippen LogP contribution is -2.41. The van der Waals surface area contributed by atoms with Gasteiger partial charge in [0, 0.05) is 8.07 Å². The number of rotatable bonds is 5. The van der Waals surface area contributed by atoms with Crippen LogP contribution in [-0.4, -0.2) is 16.1 Å². The second-order valence-electron chi connectivity index (χ2n) is 8.53. The van der Waals surface area contributed by atoms with E-state index in [1.165, 1.54) is 11.1 Å².